The molecule has 0 aromatic heterocycles. The molecule has 5 heteroatoms. The Balaban J connectivity index is 2.50. The quantitative estimate of drug-likeness (QED) is 0.664. The lowest BCUT2D eigenvalue weighted by atomic mass is 9.43. The van der Waals surface area contributed by atoms with E-state index in [2.05, 4.69) is 47.8 Å². The molecule has 3 atom stereocenters. The maximum atomic E-state index is 11.4. The molecule has 0 aromatic rings. The van der Waals surface area contributed by atoms with Gasteiger partial charge >= 0.3 is 0 Å². The average molecular weight is 404 g/mol. The van der Waals surface area contributed by atoms with Crippen LogP contribution in [0.4, 0.5) is 0 Å². The minimum absolute atomic E-state index is 0.0127. The van der Waals surface area contributed by atoms with E-state index in [0.717, 1.165) is 6.42 Å². The van der Waals surface area contributed by atoms with Crippen molar-refractivity contribution in [3.8, 4) is 0 Å². The molecule has 0 heterocycles. The molecule has 3 saturated carbocycles. The van der Waals surface area contributed by atoms with Crippen molar-refractivity contribution in [2.75, 3.05) is 0 Å². The van der Waals surface area contributed by atoms with Gasteiger partial charge in [0, 0.05) is 21.6 Å². The molecular weight excluding hydrogens is 392 g/mol. The van der Waals surface area contributed by atoms with Crippen LogP contribution in [0.1, 0.15) is 26.7 Å². The summed E-state index contributed by atoms with van der Waals surface area (Å²) in [5, 5.41) is 11.4. The first-order valence-corrected chi connectivity index (χ1v) is 7.63. The second kappa shape index (κ2) is 3.22. The number of rotatable bonds is 2. The number of carboxylic acids is 1. The van der Waals surface area contributed by atoms with Gasteiger partial charge in [0.2, 0.25) is 0 Å². The molecule has 2 nitrogen and oxygen atoms in total. The van der Waals surface area contributed by atoms with Crippen molar-refractivity contribution in [2.45, 2.75) is 35.3 Å². The Morgan fingerprint density at radius 3 is 2.13 bits per heavy atom. The van der Waals surface area contributed by atoms with Crippen LogP contribution >= 0.6 is 47.8 Å². The van der Waals surface area contributed by atoms with E-state index >= 15 is 0 Å². The molecule has 0 saturated heterocycles. The maximum absolute atomic E-state index is 11.4. The Kier molecular flexibility index (Phi) is 2.66. The fourth-order valence-electron chi connectivity index (χ4n) is 3.65. The number of alkyl halides is 3. The number of halogens is 3. The SMILES string of the molecule is CC1(C)C2(C(=O)[O-])CCC1(C(Br)Br)C2Br. The van der Waals surface area contributed by atoms with Crippen LogP contribution in [0.5, 0.6) is 0 Å². The zero-order valence-electron chi connectivity index (χ0n) is 8.52. The van der Waals surface area contributed by atoms with Gasteiger partial charge in [-0.3, -0.25) is 0 Å². The summed E-state index contributed by atoms with van der Waals surface area (Å²) in [5.74, 6) is -0.914. The van der Waals surface area contributed by atoms with E-state index in [9.17, 15) is 9.90 Å². The lowest BCUT2D eigenvalue weighted by Gasteiger charge is -2.67. The van der Waals surface area contributed by atoms with Crippen LogP contribution < -0.4 is 5.11 Å². The van der Waals surface area contributed by atoms with Gasteiger partial charge in [0.05, 0.1) is 3.74 Å². The number of carbonyl (C=O) groups excluding carboxylic acids is 1. The summed E-state index contributed by atoms with van der Waals surface area (Å²) in [7, 11) is 0. The molecule has 2 bridgehead atoms. The van der Waals surface area contributed by atoms with Gasteiger partial charge in [-0.15, -0.1) is 0 Å². The van der Waals surface area contributed by atoms with Gasteiger partial charge in [0.25, 0.3) is 0 Å². The minimum atomic E-state index is -0.914. The third-order valence-corrected chi connectivity index (χ3v) is 8.08. The first kappa shape index (κ1) is 12.4. The van der Waals surface area contributed by atoms with Crippen molar-refractivity contribution in [2.24, 2.45) is 16.2 Å². The molecule has 0 N–H and O–H groups in total. The van der Waals surface area contributed by atoms with Gasteiger partial charge < -0.3 is 9.90 Å². The van der Waals surface area contributed by atoms with Crippen molar-refractivity contribution in [3.05, 3.63) is 0 Å². The van der Waals surface area contributed by atoms with E-state index in [0.29, 0.717) is 6.42 Å². The van der Waals surface area contributed by atoms with Crippen molar-refractivity contribution in [1.82, 2.24) is 0 Å². The topological polar surface area (TPSA) is 40.1 Å². The molecule has 86 valence electrons. The fraction of sp³-hybridized carbons (Fsp3) is 0.900. The van der Waals surface area contributed by atoms with Crippen molar-refractivity contribution >= 4 is 53.8 Å². The summed E-state index contributed by atoms with van der Waals surface area (Å²) >= 11 is 10.7. The summed E-state index contributed by atoms with van der Waals surface area (Å²) in [5.41, 5.74) is -0.982. The van der Waals surface area contributed by atoms with Gasteiger partial charge in [-0.05, 0) is 18.3 Å². The smallest absolute Gasteiger partial charge is 0.0770 e. The molecule has 15 heavy (non-hydrogen) atoms. The first-order valence-electron chi connectivity index (χ1n) is 4.89. The molecule has 3 unspecified atom stereocenters. The molecular formula is C10H12Br3O2-. The van der Waals surface area contributed by atoms with E-state index in [-0.39, 0.29) is 19.4 Å². The number of hydrogen-bond donors (Lipinski definition) is 0. The van der Waals surface area contributed by atoms with Gasteiger partial charge in [-0.2, -0.15) is 0 Å². The number of carboxylic acid groups (broad SMARTS) is 1. The molecule has 0 aromatic carbocycles. The third kappa shape index (κ3) is 0.998. The third-order valence-electron chi connectivity index (χ3n) is 4.85. The predicted molar refractivity (Wildman–Crippen MR) is 67.2 cm³/mol. The molecule has 0 radical (unpaired) electrons. The highest BCUT2D eigenvalue weighted by Crippen LogP contribution is 2.82. The van der Waals surface area contributed by atoms with Crippen LogP contribution in [0.15, 0.2) is 0 Å². The Morgan fingerprint density at radius 2 is 1.93 bits per heavy atom. The second-order valence-corrected chi connectivity index (χ2v) is 9.06. The van der Waals surface area contributed by atoms with Gasteiger partial charge in [-0.1, -0.05) is 61.6 Å². The Labute approximate surface area is 115 Å². The minimum Gasteiger partial charge on any atom is -0.549 e. The lowest BCUT2D eigenvalue weighted by molar-refractivity contribution is -0.334. The van der Waals surface area contributed by atoms with E-state index in [1.54, 1.807) is 0 Å². The number of carbonyl (C=O) groups is 1. The van der Waals surface area contributed by atoms with Gasteiger partial charge in [0.15, 0.2) is 0 Å². The van der Waals surface area contributed by atoms with Crippen molar-refractivity contribution < 1.29 is 9.90 Å². The highest BCUT2D eigenvalue weighted by Gasteiger charge is 2.81. The van der Waals surface area contributed by atoms with Crippen LogP contribution in [-0.4, -0.2) is 14.5 Å². The molecule has 0 aliphatic heterocycles. The maximum Gasteiger partial charge on any atom is 0.0770 e. The summed E-state index contributed by atoms with van der Waals surface area (Å²) in [6.45, 7) is 4.06. The predicted octanol–water partition coefficient (Wildman–Crippen LogP) is 2.42. The van der Waals surface area contributed by atoms with Crippen molar-refractivity contribution in [1.29, 1.82) is 0 Å². The highest BCUT2D eigenvalue weighted by atomic mass is 79.9. The van der Waals surface area contributed by atoms with Gasteiger partial charge in [-0.25, -0.2) is 0 Å². The van der Waals surface area contributed by atoms with Crippen LogP contribution in [0.2, 0.25) is 0 Å². The number of hydrogen-bond acceptors (Lipinski definition) is 2. The lowest BCUT2D eigenvalue weighted by Crippen LogP contribution is -2.72. The summed E-state index contributed by atoms with van der Waals surface area (Å²) < 4.78 is 0.131. The molecule has 0 amide bonds. The zero-order chi connectivity index (χ0) is 11.6. The Bertz CT molecular complexity index is 329. The van der Waals surface area contributed by atoms with Crippen LogP contribution in [0, 0.1) is 16.2 Å². The van der Waals surface area contributed by atoms with E-state index < -0.39 is 11.4 Å². The Morgan fingerprint density at radius 1 is 1.40 bits per heavy atom. The summed E-state index contributed by atoms with van der Waals surface area (Å²) in [6.07, 6.45) is 1.61. The van der Waals surface area contributed by atoms with Crippen LogP contribution in [0.3, 0.4) is 0 Å². The second-order valence-electron chi connectivity index (χ2n) is 5.09. The molecule has 3 fully saturated rings. The van der Waals surface area contributed by atoms with Crippen molar-refractivity contribution in [3.63, 3.8) is 0 Å². The van der Waals surface area contributed by atoms with Crippen LogP contribution in [-0.2, 0) is 4.79 Å². The van der Waals surface area contributed by atoms with E-state index in [1.165, 1.54) is 0 Å². The average Bonchev–Trinajstić information content (AvgIpc) is 2.53. The molecule has 3 rings (SSSR count). The monoisotopic (exact) mass is 401 g/mol. The zero-order valence-corrected chi connectivity index (χ0v) is 13.3. The normalized spacial score (nSPS) is 46.7. The van der Waals surface area contributed by atoms with E-state index in [4.69, 9.17) is 0 Å². The molecule has 3 aliphatic rings. The van der Waals surface area contributed by atoms with Crippen LogP contribution in [0.25, 0.3) is 0 Å². The largest absolute Gasteiger partial charge is 0.549 e. The Hall–Kier alpha value is 0.910. The number of fused-ring (bicyclic) bond motifs is 1. The standard InChI is InChI=1S/C10H13Br3O2/c1-8(2)9(6(12)13)3-4-10(8,5(9)11)7(14)15/h5-6H,3-4H2,1-2H3,(H,14,15)/p-1. The summed E-state index contributed by atoms with van der Waals surface area (Å²) in [4.78, 5) is 11.4. The van der Waals surface area contributed by atoms with Gasteiger partial charge in [0.1, 0.15) is 0 Å². The highest BCUT2D eigenvalue weighted by molar-refractivity contribution is 9.24. The number of aliphatic carboxylic acids is 1. The summed E-state index contributed by atoms with van der Waals surface area (Å²) in [6, 6.07) is 0. The molecule has 0 spiro atoms. The molecule has 3 aliphatic carbocycles. The fourth-order valence-corrected chi connectivity index (χ4v) is 8.54. The van der Waals surface area contributed by atoms with E-state index in [1.807, 2.05) is 13.8 Å². The first-order chi connectivity index (χ1) is 6.75.